The molecule has 150 valence electrons. The van der Waals surface area contributed by atoms with Crippen LogP contribution in [0.2, 0.25) is 0 Å². The Hall–Kier alpha value is -1.08. The fourth-order valence-corrected chi connectivity index (χ4v) is 3.36. The van der Waals surface area contributed by atoms with Crippen LogP contribution >= 0.6 is 0 Å². The molecule has 1 rings (SSSR count). The minimum absolute atomic E-state index is 0.830. The van der Waals surface area contributed by atoms with E-state index in [0.29, 0.717) is 0 Å². The SMILES string of the molecule is C=C/C=C(\C=C/C)CN1CCC(C(=CCC)CCCC)CC1.CCCC. The molecule has 0 saturated carbocycles. The van der Waals surface area contributed by atoms with Gasteiger partial charge in [0.1, 0.15) is 0 Å². The van der Waals surface area contributed by atoms with E-state index >= 15 is 0 Å². The fourth-order valence-electron chi connectivity index (χ4n) is 3.36. The number of nitrogens with zero attached hydrogens (tertiary/aromatic N) is 1. The Bertz CT molecular complexity index is 417. The van der Waals surface area contributed by atoms with Crippen LogP contribution in [0.15, 0.2) is 48.1 Å². The van der Waals surface area contributed by atoms with E-state index < -0.39 is 0 Å². The van der Waals surface area contributed by atoms with Crippen LogP contribution in [-0.4, -0.2) is 24.5 Å². The highest BCUT2D eigenvalue weighted by Gasteiger charge is 2.21. The molecule has 0 atom stereocenters. The Morgan fingerprint density at radius 2 is 1.69 bits per heavy atom. The van der Waals surface area contributed by atoms with Gasteiger partial charge in [-0.15, -0.1) is 0 Å². The number of piperidine rings is 1. The first kappa shape index (κ1) is 24.9. The molecule has 0 aromatic heterocycles. The lowest BCUT2D eigenvalue weighted by Crippen LogP contribution is -2.35. The second-order valence-electron chi connectivity index (χ2n) is 7.32. The minimum atomic E-state index is 0.830. The Morgan fingerprint density at radius 3 is 2.15 bits per heavy atom. The minimum Gasteiger partial charge on any atom is -0.299 e. The van der Waals surface area contributed by atoms with Crippen LogP contribution in [0.1, 0.15) is 86.0 Å². The van der Waals surface area contributed by atoms with Crippen LogP contribution in [0.25, 0.3) is 0 Å². The molecular formula is C25H45N. The summed E-state index contributed by atoms with van der Waals surface area (Å²) in [6.07, 6.45) is 21.3. The molecule has 1 heterocycles. The molecule has 0 aromatic rings. The molecule has 0 aliphatic carbocycles. The molecule has 0 radical (unpaired) electrons. The molecule has 0 spiro atoms. The molecule has 26 heavy (non-hydrogen) atoms. The van der Waals surface area contributed by atoms with Gasteiger partial charge in [0.15, 0.2) is 0 Å². The standard InChI is InChI=1S/C21H35N.C4H10/c1-5-9-13-20(12-8-4)21-14-16-22(17-15-21)18-19(10-6-2)11-7-3;1-3-4-2/h6-7,10-12,21H,2,5,8-9,13-18H2,1,3-4H3;3-4H2,1-2H3/b11-7-,19-10+,20-12?;. The van der Waals surface area contributed by atoms with Gasteiger partial charge in [-0.3, -0.25) is 4.90 Å². The summed E-state index contributed by atoms with van der Waals surface area (Å²) >= 11 is 0. The van der Waals surface area contributed by atoms with Crippen molar-refractivity contribution >= 4 is 0 Å². The second-order valence-corrected chi connectivity index (χ2v) is 7.32. The summed E-state index contributed by atoms with van der Waals surface area (Å²) in [6.45, 7) is 18.3. The Kier molecular flexibility index (Phi) is 16.6. The zero-order valence-corrected chi connectivity index (χ0v) is 18.4. The molecule has 0 amide bonds. The Balaban J connectivity index is 0.00000141. The van der Waals surface area contributed by atoms with Crippen LogP contribution < -0.4 is 0 Å². The van der Waals surface area contributed by atoms with Gasteiger partial charge in [-0.05, 0) is 63.6 Å². The third-order valence-corrected chi connectivity index (χ3v) is 5.02. The zero-order chi connectivity index (χ0) is 19.6. The van der Waals surface area contributed by atoms with Crippen LogP contribution in [0.3, 0.4) is 0 Å². The lowest BCUT2D eigenvalue weighted by atomic mass is 9.85. The van der Waals surface area contributed by atoms with Gasteiger partial charge in [0.25, 0.3) is 0 Å². The lowest BCUT2D eigenvalue weighted by molar-refractivity contribution is 0.212. The lowest BCUT2D eigenvalue weighted by Gasteiger charge is -2.33. The average molecular weight is 360 g/mol. The zero-order valence-electron chi connectivity index (χ0n) is 18.4. The smallest absolute Gasteiger partial charge is 0.0233 e. The van der Waals surface area contributed by atoms with Crippen LogP contribution in [0, 0.1) is 5.92 Å². The summed E-state index contributed by atoms with van der Waals surface area (Å²) in [5.74, 6) is 0.830. The number of likely N-dealkylation sites (tertiary alicyclic amines) is 1. The maximum atomic E-state index is 3.82. The van der Waals surface area contributed by atoms with E-state index in [1.165, 1.54) is 70.0 Å². The molecule has 0 unspecified atom stereocenters. The van der Waals surface area contributed by atoms with Crippen molar-refractivity contribution in [2.75, 3.05) is 19.6 Å². The molecule has 0 N–H and O–H groups in total. The molecule has 1 aliphatic heterocycles. The van der Waals surface area contributed by atoms with Crippen molar-refractivity contribution in [3.63, 3.8) is 0 Å². The summed E-state index contributed by atoms with van der Waals surface area (Å²) in [5, 5.41) is 0. The average Bonchev–Trinajstić information content (AvgIpc) is 2.66. The third kappa shape index (κ3) is 11.5. The van der Waals surface area contributed by atoms with Crippen molar-refractivity contribution in [2.45, 2.75) is 86.0 Å². The van der Waals surface area contributed by atoms with Crippen LogP contribution in [0.5, 0.6) is 0 Å². The molecule has 1 heteroatoms. The van der Waals surface area contributed by atoms with Gasteiger partial charge in [0, 0.05) is 6.54 Å². The normalized spacial score (nSPS) is 17.3. The Labute approximate surface area is 164 Å². The molecule has 1 aliphatic rings. The molecule has 1 nitrogen and oxygen atoms in total. The topological polar surface area (TPSA) is 3.24 Å². The highest BCUT2D eigenvalue weighted by atomic mass is 15.1. The predicted molar refractivity (Wildman–Crippen MR) is 121 cm³/mol. The van der Waals surface area contributed by atoms with E-state index in [4.69, 9.17) is 0 Å². The molecule has 1 fully saturated rings. The molecule has 0 aromatic carbocycles. The quantitative estimate of drug-likeness (QED) is 0.285. The van der Waals surface area contributed by atoms with E-state index in [1.807, 2.05) is 6.08 Å². The highest BCUT2D eigenvalue weighted by molar-refractivity contribution is 5.24. The van der Waals surface area contributed by atoms with Crippen molar-refractivity contribution in [1.29, 1.82) is 0 Å². The first-order valence-electron chi connectivity index (χ1n) is 11.0. The summed E-state index contributed by atoms with van der Waals surface area (Å²) in [6, 6.07) is 0. The molecule has 1 saturated heterocycles. The van der Waals surface area contributed by atoms with Gasteiger partial charge in [-0.1, -0.05) is 89.5 Å². The van der Waals surface area contributed by atoms with E-state index in [-0.39, 0.29) is 0 Å². The third-order valence-electron chi connectivity index (χ3n) is 5.02. The second kappa shape index (κ2) is 17.3. The van der Waals surface area contributed by atoms with E-state index in [0.717, 1.165) is 12.5 Å². The van der Waals surface area contributed by atoms with Crippen molar-refractivity contribution < 1.29 is 0 Å². The van der Waals surface area contributed by atoms with Gasteiger partial charge in [-0.25, -0.2) is 0 Å². The highest BCUT2D eigenvalue weighted by Crippen LogP contribution is 2.29. The summed E-state index contributed by atoms with van der Waals surface area (Å²) in [4.78, 5) is 2.59. The van der Waals surface area contributed by atoms with Crippen molar-refractivity contribution in [3.05, 3.63) is 48.1 Å². The van der Waals surface area contributed by atoms with Gasteiger partial charge in [0.2, 0.25) is 0 Å². The monoisotopic (exact) mass is 359 g/mol. The van der Waals surface area contributed by atoms with Gasteiger partial charge < -0.3 is 0 Å². The van der Waals surface area contributed by atoms with Gasteiger partial charge in [-0.2, -0.15) is 0 Å². The first-order chi connectivity index (χ1) is 12.7. The summed E-state index contributed by atoms with van der Waals surface area (Å²) in [5.41, 5.74) is 3.10. The molecule has 0 bridgehead atoms. The van der Waals surface area contributed by atoms with Crippen LogP contribution in [0.4, 0.5) is 0 Å². The van der Waals surface area contributed by atoms with E-state index in [1.54, 1.807) is 5.57 Å². The number of hydrogen-bond donors (Lipinski definition) is 0. The van der Waals surface area contributed by atoms with Crippen LogP contribution in [-0.2, 0) is 0 Å². The Morgan fingerprint density at radius 1 is 1.04 bits per heavy atom. The van der Waals surface area contributed by atoms with Gasteiger partial charge >= 0.3 is 0 Å². The van der Waals surface area contributed by atoms with E-state index in [2.05, 4.69) is 70.4 Å². The number of unbranched alkanes of at least 4 members (excludes halogenated alkanes) is 2. The van der Waals surface area contributed by atoms with Gasteiger partial charge in [0.05, 0.1) is 0 Å². The largest absolute Gasteiger partial charge is 0.299 e. The fraction of sp³-hybridized carbons (Fsp3) is 0.680. The number of hydrogen-bond acceptors (Lipinski definition) is 1. The van der Waals surface area contributed by atoms with Crippen molar-refractivity contribution in [1.82, 2.24) is 4.90 Å². The predicted octanol–water partition coefficient (Wildman–Crippen LogP) is 7.72. The number of rotatable bonds is 10. The summed E-state index contributed by atoms with van der Waals surface area (Å²) < 4.78 is 0. The first-order valence-corrected chi connectivity index (χ1v) is 11.0. The maximum absolute atomic E-state index is 3.82. The van der Waals surface area contributed by atoms with E-state index in [9.17, 15) is 0 Å². The summed E-state index contributed by atoms with van der Waals surface area (Å²) in [7, 11) is 0. The van der Waals surface area contributed by atoms with Crippen molar-refractivity contribution in [3.8, 4) is 0 Å². The van der Waals surface area contributed by atoms with Crippen molar-refractivity contribution in [2.24, 2.45) is 5.92 Å². The maximum Gasteiger partial charge on any atom is 0.0233 e. The molecular weight excluding hydrogens is 314 g/mol. The number of allylic oxidation sites excluding steroid dienone is 5.